The van der Waals surface area contributed by atoms with E-state index in [1.165, 1.54) is 18.2 Å². The highest BCUT2D eigenvalue weighted by molar-refractivity contribution is 9.10. The van der Waals surface area contributed by atoms with Crippen LogP contribution in [0, 0.1) is 0 Å². The van der Waals surface area contributed by atoms with Gasteiger partial charge >= 0.3 is 0 Å². The predicted octanol–water partition coefficient (Wildman–Crippen LogP) is 2.14. The van der Waals surface area contributed by atoms with Crippen LogP contribution in [0.3, 0.4) is 0 Å². The van der Waals surface area contributed by atoms with Crippen molar-refractivity contribution < 1.29 is 21.9 Å². The molecule has 1 aromatic rings. The third kappa shape index (κ3) is 6.03. The molecule has 0 fully saturated rings. The molecule has 0 spiro atoms. The van der Waals surface area contributed by atoms with Crippen molar-refractivity contribution in [1.29, 1.82) is 0 Å². The van der Waals surface area contributed by atoms with Crippen LogP contribution in [0.1, 0.15) is 6.92 Å². The fourth-order valence-corrected chi connectivity index (χ4v) is 3.01. The summed E-state index contributed by atoms with van der Waals surface area (Å²) < 4.78 is 57.1. The number of halogens is 4. The van der Waals surface area contributed by atoms with Crippen molar-refractivity contribution in [2.75, 3.05) is 19.7 Å². The SMILES string of the molecule is CCOc1ccc(S(=O)(=O)NCC(F)(F)CN)cc1Br.Cl. The molecule has 21 heavy (non-hydrogen) atoms. The molecule has 0 radical (unpaired) electrons. The average Bonchev–Trinajstić information content (AvgIpc) is 2.39. The zero-order valence-electron chi connectivity index (χ0n) is 11.1. The fraction of sp³-hybridized carbons (Fsp3) is 0.455. The van der Waals surface area contributed by atoms with Gasteiger partial charge in [0, 0.05) is 0 Å². The first-order chi connectivity index (χ1) is 9.22. The molecule has 0 aliphatic carbocycles. The number of sulfonamides is 1. The molecule has 0 unspecified atom stereocenters. The summed E-state index contributed by atoms with van der Waals surface area (Å²) in [6, 6.07) is 4.01. The molecule has 10 heteroatoms. The summed E-state index contributed by atoms with van der Waals surface area (Å²) in [5.74, 6) is -2.81. The van der Waals surface area contributed by atoms with Crippen molar-refractivity contribution in [2.24, 2.45) is 5.73 Å². The van der Waals surface area contributed by atoms with Crippen LogP contribution >= 0.6 is 28.3 Å². The molecule has 0 heterocycles. The van der Waals surface area contributed by atoms with Gasteiger partial charge in [0.1, 0.15) is 5.75 Å². The maximum Gasteiger partial charge on any atom is 0.273 e. The Balaban J connectivity index is 0.00000400. The topological polar surface area (TPSA) is 81.4 Å². The van der Waals surface area contributed by atoms with Gasteiger partial charge < -0.3 is 10.5 Å². The van der Waals surface area contributed by atoms with Crippen molar-refractivity contribution in [3.05, 3.63) is 22.7 Å². The summed E-state index contributed by atoms with van der Waals surface area (Å²) in [5, 5.41) is 0. The van der Waals surface area contributed by atoms with Gasteiger partial charge in [0.05, 0.1) is 29.1 Å². The molecule has 0 saturated heterocycles. The summed E-state index contributed by atoms with van der Waals surface area (Å²) >= 11 is 3.16. The van der Waals surface area contributed by atoms with E-state index in [-0.39, 0.29) is 17.3 Å². The largest absolute Gasteiger partial charge is 0.493 e. The second kappa shape index (κ2) is 8.23. The number of hydrogen-bond donors (Lipinski definition) is 2. The molecule has 0 saturated carbocycles. The lowest BCUT2D eigenvalue weighted by Crippen LogP contribution is -2.41. The van der Waals surface area contributed by atoms with Crippen LogP contribution in [0.4, 0.5) is 8.78 Å². The Bertz CT molecular complexity index is 573. The number of rotatable bonds is 7. The van der Waals surface area contributed by atoms with Gasteiger partial charge in [-0.1, -0.05) is 0 Å². The minimum atomic E-state index is -4.03. The van der Waals surface area contributed by atoms with Crippen LogP contribution in [0.15, 0.2) is 27.6 Å². The lowest BCUT2D eigenvalue weighted by molar-refractivity contribution is 0.0170. The van der Waals surface area contributed by atoms with Crippen molar-refractivity contribution in [3.8, 4) is 5.75 Å². The molecule has 1 aromatic carbocycles. The number of hydrogen-bond acceptors (Lipinski definition) is 4. The summed E-state index contributed by atoms with van der Waals surface area (Å²) in [6.07, 6.45) is 0. The molecule has 0 amide bonds. The minimum absolute atomic E-state index is 0. The molecular weight excluding hydrogens is 394 g/mol. The van der Waals surface area contributed by atoms with Crippen molar-refractivity contribution in [2.45, 2.75) is 17.7 Å². The molecule has 3 N–H and O–H groups in total. The Hall–Kier alpha value is -0.480. The van der Waals surface area contributed by atoms with Crippen LogP contribution in [-0.2, 0) is 10.0 Å². The van der Waals surface area contributed by atoms with Crippen LogP contribution in [-0.4, -0.2) is 34.0 Å². The highest BCUT2D eigenvalue weighted by Crippen LogP contribution is 2.27. The first-order valence-corrected chi connectivity index (χ1v) is 7.99. The van der Waals surface area contributed by atoms with Crippen LogP contribution in [0.2, 0.25) is 0 Å². The molecule has 122 valence electrons. The minimum Gasteiger partial charge on any atom is -0.493 e. The second-order valence-corrected chi connectivity index (χ2v) is 6.53. The van der Waals surface area contributed by atoms with E-state index < -0.39 is 29.0 Å². The number of alkyl halides is 2. The molecular formula is C11H16BrClF2N2O3S. The second-order valence-electron chi connectivity index (χ2n) is 3.91. The van der Waals surface area contributed by atoms with E-state index in [1.54, 1.807) is 6.92 Å². The smallest absolute Gasteiger partial charge is 0.273 e. The Morgan fingerprint density at radius 1 is 1.43 bits per heavy atom. The van der Waals surface area contributed by atoms with E-state index in [2.05, 4.69) is 15.9 Å². The lowest BCUT2D eigenvalue weighted by atomic mass is 10.3. The van der Waals surface area contributed by atoms with Crippen LogP contribution < -0.4 is 15.2 Å². The molecule has 0 aliphatic rings. The van der Waals surface area contributed by atoms with Crippen LogP contribution in [0.25, 0.3) is 0 Å². The quantitative estimate of drug-likeness (QED) is 0.723. The number of benzene rings is 1. The summed E-state index contributed by atoms with van der Waals surface area (Å²) in [4.78, 5) is -0.138. The first-order valence-electron chi connectivity index (χ1n) is 5.72. The highest BCUT2D eigenvalue weighted by atomic mass is 79.9. The number of ether oxygens (including phenoxy) is 1. The molecule has 0 atom stereocenters. The molecule has 0 aliphatic heterocycles. The summed E-state index contributed by atoms with van der Waals surface area (Å²) in [6.45, 7) is 0.235. The zero-order valence-corrected chi connectivity index (χ0v) is 14.3. The normalized spacial score (nSPS) is 11.9. The zero-order chi connectivity index (χ0) is 15.4. The summed E-state index contributed by atoms with van der Waals surface area (Å²) in [5.41, 5.74) is 4.84. The van der Waals surface area contributed by atoms with Crippen molar-refractivity contribution in [3.63, 3.8) is 0 Å². The third-order valence-electron chi connectivity index (χ3n) is 2.33. The van der Waals surface area contributed by atoms with E-state index in [9.17, 15) is 17.2 Å². The van der Waals surface area contributed by atoms with Gasteiger partial charge in [-0.25, -0.2) is 21.9 Å². The van der Waals surface area contributed by atoms with Gasteiger partial charge in [-0.3, -0.25) is 0 Å². The van der Waals surface area contributed by atoms with Gasteiger partial charge in [-0.2, -0.15) is 0 Å². The average molecular weight is 410 g/mol. The van der Waals surface area contributed by atoms with Crippen LogP contribution in [0.5, 0.6) is 5.75 Å². The van der Waals surface area contributed by atoms with Gasteiger partial charge in [0.2, 0.25) is 10.0 Å². The lowest BCUT2D eigenvalue weighted by Gasteiger charge is -2.15. The third-order valence-corrected chi connectivity index (χ3v) is 4.35. The molecule has 0 aromatic heterocycles. The standard InChI is InChI=1S/C11H15BrF2N2O3S.ClH/c1-2-19-10-4-3-8(5-9(10)12)20(17,18)16-7-11(13,14)6-15;/h3-5,16H,2,6-7,15H2,1H3;1H. The summed E-state index contributed by atoms with van der Waals surface area (Å²) in [7, 11) is -4.03. The maximum absolute atomic E-state index is 13.0. The van der Waals surface area contributed by atoms with E-state index >= 15 is 0 Å². The fourth-order valence-electron chi connectivity index (χ4n) is 1.28. The monoisotopic (exact) mass is 408 g/mol. The Labute approximate surface area is 136 Å². The van der Waals surface area contributed by atoms with E-state index in [1.807, 2.05) is 4.72 Å². The maximum atomic E-state index is 13.0. The molecule has 1 rings (SSSR count). The predicted molar refractivity (Wildman–Crippen MR) is 81.7 cm³/mol. The van der Waals surface area contributed by atoms with E-state index in [0.717, 1.165) is 0 Å². The van der Waals surface area contributed by atoms with E-state index in [0.29, 0.717) is 16.8 Å². The van der Waals surface area contributed by atoms with E-state index in [4.69, 9.17) is 10.5 Å². The van der Waals surface area contributed by atoms with Crippen molar-refractivity contribution in [1.82, 2.24) is 4.72 Å². The Kier molecular flexibility index (Phi) is 8.04. The molecule has 0 bridgehead atoms. The molecule has 5 nitrogen and oxygen atoms in total. The van der Waals surface area contributed by atoms with Gasteiger partial charge in [-0.05, 0) is 41.1 Å². The Morgan fingerprint density at radius 2 is 2.05 bits per heavy atom. The first kappa shape index (κ1) is 20.5. The van der Waals surface area contributed by atoms with Gasteiger partial charge in [-0.15, -0.1) is 12.4 Å². The van der Waals surface area contributed by atoms with Gasteiger partial charge in [0.25, 0.3) is 5.92 Å². The van der Waals surface area contributed by atoms with Crippen molar-refractivity contribution >= 4 is 38.4 Å². The highest BCUT2D eigenvalue weighted by Gasteiger charge is 2.29. The number of nitrogens with two attached hydrogens (primary N) is 1. The number of nitrogens with one attached hydrogen (secondary N) is 1. The van der Waals surface area contributed by atoms with Gasteiger partial charge in [0.15, 0.2) is 0 Å². The Morgan fingerprint density at radius 3 is 2.52 bits per heavy atom.